The first-order valence-corrected chi connectivity index (χ1v) is 5.85. The predicted molar refractivity (Wildman–Crippen MR) is 68.9 cm³/mol. The molecule has 3 rings (SSSR count). The van der Waals surface area contributed by atoms with Crippen molar-refractivity contribution < 1.29 is 8.78 Å². The molecule has 0 saturated carbocycles. The number of rotatable bonds is 1. The van der Waals surface area contributed by atoms with Crippen LogP contribution in [0.3, 0.4) is 0 Å². The molecule has 1 unspecified atom stereocenters. The van der Waals surface area contributed by atoms with E-state index in [2.05, 4.69) is 15.6 Å². The summed E-state index contributed by atoms with van der Waals surface area (Å²) >= 11 is 0. The predicted octanol–water partition coefficient (Wildman–Crippen LogP) is 2.00. The number of nitrogens with one attached hydrogen (secondary N) is 1. The van der Waals surface area contributed by atoms with Crippen molar-refractivity contribution in [1.29, 1.82) is 0 Å². The van der Waals surface area contributed by atoms with Gasteiger partial charge in [0.1, 0.15) is 11.5 Å². The van der Waals surface area contributed by atoms with Crippen LogP contribution in [0.2, 0.25) is 0 Å². The van der Waals surface area contributed by atoms with Gasteiger partial charge in [-0.25, -0.2) is 8.78 Å². The molecule has 2 aliphatic heterocycles. The molecule has 4 nitrogen and oxygen atoms in total. The van der Waals surface area contributed by atoms with Crippen LogP contribution < -0.4 is 5.43 Å². The van der Waals surface area contributed by atoms with E-state index in [-0.39, 0.29) is 5.71 Å². The van der Waals surface area contributed by atoms with Crippen molar-refractivity contribution in [2.45, 2.75) is 13.1 Å². The first-order valence-electron chi connectivity index (χ1n) is 5.85. The number of benzene rings is 1. The van der Waals surface area contributed by atoms with Gasteiger partial charge in [-0.1, -0.05) is 12.1 Å². The van der Waals surface area contributed by atoms with E-state index in [1.54, 1.807) is 25.0 Å². The Kier molecular flexibility index (Phi) is 2.58. The third kappa shape index (κ3) is 1.80. The Bertz CT molecular complexity index is 633. The molecule has 0 aromatic heterocycles. The molecule has 0 amide bonds. The topological polar surface area (TPSA) is 40.0 Å². The van der Waals surface area contributed by atoms with Gasteiger partial charge >= 0.3 is 0 Å². The van der Waals surface area contributed by atoms with Crippen molar-refractivity contribution in [1.82, 2.24) is 10.4 Å². The summed E-state index contributed by atoms with van der Waals surface area (Å²) in [5, 5.41) is 9.78. The Morgan fingerprint density at radius 2 is 2.11 bits per heavy atom. The fourth-order valence-corrected chi connectivity index (χ4v) is 2.29. The second-order valence-corrected chi connectivity index (χ2v) is 4.49. The summed E-state index contributed by atoms with van der Waals surface area (Å²) < 4.78 is 27.7. The van der Waals surface area contributed by atoms with E-state index < -0.39 is 17.8 Å². The lowest BCUT2D eigenvalue weighted by molar-refractivity contribution is 0.265. The highest BCUT2D eigenvalue weighted by Gasteiger charge is 2.35. The van der Waals surface area contributed by atoms with E-state index >= 15 is 0 Å². The summed E-state index contributed by atoms with van der Waals surface area (Å²) in [5.41, 5.74) is 4.40. The highest BCUT2D eigenvalue weighted by atomic mass is 19.1. The van der Waals surface area contributed by atoms with Gasteiger partial charge in [0.15, 0.2) is 12.0 Å². The Morgan fingerprint density at radius 1 is 1.32 bits per heavy atom. The van der Waals surface area contributed by atoms with Gasteiger partial charge in [-0.15, -0.1) is 0 Å². The minimum atomic E-state index is -0.458. The van der Waals surface area contributed by atoms with Crippen LogP contribution in [-0.2, 0) is 0 Å². The molecule has 98 valence electrons. The average molecular weight is 262 g/mol. The summed E-state index contributed by atoms with van der Waals surface area (Å²) in [7, 11) is 1.74. The van der Waals surface area contributed by atoms with Crippen LogP contribution in [-0.4, -0.2) is 29.6 Å². The van der Waals surface area contributed by atoms with E-state index in [1.807, 2.05) is 0 Å². The summed E-state index contributed by atoms with van der Waals surface area (Å²) in [6.07, 6.45) is -0.391. The number of nitrogens with zero attached hydrogens (tertiary/aromatic N) is 3. The number of halogens is 2. The first-order chi connectivity index (χ1) is 9.08. The number of hydrogen-bond donors (Lipinski definition) is 1. The maximum absolute atomic E-state index is 14.5. The Labute approximate surface area is 109 Å². The zero-order chi connectivity index (χ0) is 13.6. The summed E-state index contributed by atoms with van der Waals surface area (Å²) in [5.74, 6) is -0.881. The lowest BCUT2D eigenvalue weighted by atomic mass is 10.0. The SMILES string of the molecule is CC1=NN(C)C2NN=C(c3cccc(F)c3)C(F)=C12. The fourth-order valence-electron chi connectivity index (χ4n) is 2.29. The third-order valence-electron chi connectivity index (χ3n) is 3.19. The van der Waals surface area contributed by atoms with Gasteiger partial charge in [-0.3, -0.25) is 10.4 Å². The fraction of sp³-hybridized carbons (Fsp3) is 0.231. The van der Waals surface area contributed by atoms with E-state index in [0.29, 0.717) is 16.8 Å². The minimum absolute atomic E-state index is 0.107. The second kappa shape index (κ2) is 4.15. The number of hydrazone groups is 2. The molecule has 1 N–H and O–H groups in total. The van der Waals surface area contributed by atoms with Crippen LogP contribution in [0, 0.1) is 5.82 Å². The van der Waals surface area contributed by atoms with Gasteiger partial charge in [0.2, 0.25) is 0 Å². The molecule has 0 bridgehead atoms. The molecule has 2 heterocycles. The lowest BCUT2D eigenvalue weighted by Gasteiger charge is -2.24. The summed E-state index contributed by atoms with van der Waals surface area (Å²) in [6.45, 7) is 1.74. The maximum atomic E-state index is 14.5. The third-order valence-corrected chi connectivity index (χ3v) is 3.19. The van der Waals surface area contributed by atoms with Gasteiger partial charge in [-0.2, -0.15) is 10.2 Å². The zero-order valence-electron chi connectivity index (χ0n) is 10.5. The van der Waals surface area contributed by atoms with Crippen LogP contribution in [0.4, 0.5) is 8.78 Å². The molecule has 2 aliphatic rings. The lowest BCUT2D eigenvalue weighted by Crippen LogP contribution is -2.40. The van der Waals surface area contributed by atoms with Crippen LogP contribution in [0.25, 0.3) is 0 Å². The largest absolute Gasteiger partial charge is 0.281 e. The van der Waals surface area contributed by atoms with E-state index in [1.165, 1.54) is 18.2 Å². The Morgan fingerprint density at radius 3 is 2.84 bits per heavy atom. The zero-order valence-corrected chi connectivity index (χ0v) is 10.5. The number of likely N-dealkylation sites (N-methyl/N-ethyl adjacent to an activating group) is 1. The first kappa shape index (κ1) is 11.8. The van der Waals surface area contributed by atoms with Crippen molar-refractivity contribution >= 4 is 11.4 Å². The number of hydrogen-bond acceptors (Lipinski definition) is 4. The van der Waals surface area contributed by atoms with Crippen molar-refractivity contribution in [3.63, 3.8) is 0 Å². The monoisotopic (exact) mass is 262 g/mol. The van der Waals surface area contributed by atoms with Crippen LogP contribution in [0.15, 0.2) is 45.9 Å². The molecule has 1 aromatic rings. The Balaban J connectivity index is 2.07. The highest BCUT2D eigenvalue weighted by Crippen LogP contribution is 2.28. The van der Waals surface area contributed by atoms with Gasteiger partial charge in [-0.05, 0) is 19.1 Å². The molecular formula is C13H12F2N4. The van der Waals surface area contributed by atoms with E-state index in [9.17, 15) is 8.78 Å². The molecule has 6 heteroatoms. The molecule has 0 saturated heterocycles. The molecule has 1 aromatic carbocycles. The van der Waals surface area contributed by atoms with Crippen LogP contribution in [0.5, 0.6) is 0 Å². The van der Waals surface area contributed by atoms with Gasteiger partial charge in [0.05, 0.1) is 11.3 Å². The van der Waals surface area contributed by atoms with Crippen molar-refractivity contribution in [2.75, 3.05) is 7.05 Å². The number of fused-ring (bicyclic) bond motifs is 1. The maximum Gasteiger partial charge on any atom is 0.161 e. The average Bonchev–Trinajstić information content (AvgIpc) is 2.66. The molecule has 0 fully saturated rings. The van der Waals surface area contributed by atoms with Crippen LogP contribution >= 0.6 is 0 Å². The van der Waals surface area contributed by atoms with Crippen molar-refractivity contribution in [3.05, 3.63) is 47.0 Å². The molecule has 19 heavy (non-hydrogen) atoms. The van der Waals surface area contributed by atoms with Crippen LogP contribution in [0.1, 0.15) is 12.5 Å². The second-order valence-electron chi connectivity index (χ2n) is 4.49. The summed E-state index contributed by atoms with van der Waals surface area (Å²) in [4.78, 5) is 0. The van der Waals surface area contributed by atoms with Crippen molar-refractivity contribution in [2.24, 2.45) is 10.2 Å². The molecule has 0 radical (unpaired) electrons. The normalized spacial score (nSPS) is 21.9. The van der Waals surface area contributed by atoms with E-state index in [0.717, 1.165) is 0 Å². The standard InChI is InChI=1S/C13H12F2N4/c1-7-10-11(15)12(8-4-3-5-9(14)6-8)16-17-13(10)19(2)18-7/h3-6,13,17H,1-2H3. The van der Waals surface area contributed by atoms with Crippen molar-refractivity contribution in [3.8, 4) is 0 Å². The molecule has 1 atom stereocenters. The summed E-state index contributed by atoms with van der Waals surface area (Å²) in [6, 6.07) is 5.71. The van der Waals surface area contributed by atoms with Gasteiger partial charge in [0, 0.05) is 12.6 Å². The van der Waals surface area contributed by atoms with Gasteiger partial charge < -0.3 is 0 Å². The molecule has 0 aliphatic carbocycles. The molecular weight excluding hydrogens is 250 g/mol. The highest BCUT2D eigenvalue weighted by molar-refractivity contribution is 6.17. The van der Waals surface area contributed by atoms with Gasteiger partial charge in [0.25, 0.3) is 0 Å². The molecule has 0 spiro atoms. The van der Waals surface area contributed by atoms with E-state index in [4.69, 9.17) is 0 Å². The quantitative estimate of drug-likeness (QED) is 0.841. The number of allylic oxidation sites excluding steroid dienone is 1. The minimum Gasteiger partial charge on any atom is -0.281 e. The smallest absolute Gasteiger partial charge is 0.161 e. The Hall–Kier alpha value is -2.24.